The van der Waals surface area contributed by atoms with Crippen LogP contribution < -0.4 is 0 Å². The zero-order valence-electron chi connectivity index (χ0n) is 12.0. The van der Waals surface area contributed by atoms with Crippen molar-refractivity contribution in [2.24, 2.45) is 0 Å². The minimum atomic E-state index is -0.914. The van der Waals surface area contributed by atoms with Crippen LogP contribution in [0.2, 0.25) is 0 Å². The molecule has 0 fully saturated rings. The van der Waals surface area contributed by atoms with Crippen molar-refractivity contribution < 1.29 is 9.90 Å². The van der Waals surface area contributed by atoms with E-state index in [-0.39, 0.29) is 0 Å². The molecule has 3 nitrogen and oxygen atoms in total. The Kier molecular flexibility index (Phi) is 6.30. The zero-order chi connectivity index (χ0) is 14.3. The van der Waals surface area contributed by atoms with E-state index in [9.17, 15) is 4.79 Å². The van der Waals surface area contributed by atoms with Crippen molar-refractivity contribution >= 4 is 12.0 Å². The fourth-order valence-electron chi connectivity index (χ4n) is 2.31. The molecule has 0 radical (unpaired) electrons. The lowest BCUT2D eigenvalue weighted by Gasteiger charge is -2.26. The number of aliphatic carboxylic acids is 1. The quantitative estimate of drug-likeness (QED) is 0.765. The molecular weight excluding hydrogens is 238 g/mol. The summed E-state index contributed by atoms with van der Waals surface area (Å²) in [6.07, 6.45) is 5.11. The number of benzene rings is 1. The van der Waals surface area contributed by atoms with Gasteiger partial charge in [0.15, 0.2) is 0 Å². The fourth-order valence-corrected chi connectivity index (χ4v) is 2.31. The van der Waals surface area contributed by atoms with Gasteiger partial charge in [-0.1, -0.05) is 38.1 Å². The summed E-state index contributed by atoms with van der Waals surface area (Å²) in [5, 5.41) is 8.71. The summed E-state index contributed by atoms with van der Waals surface area (Å²) in [4.78, 5) is 12.9. The Balaban J connectivity index is 2.86. The predicted octanol–water partition coefficient (Wildman–Crippen LogP) is 3.40. The van der Waals surface area contributed by atoms with Gasteiger partial charge in [-0.05, 0) is 37.1 Å². The van der Waals surface area contributed by atoms with Gasteiger partial charge in [0.25, 0.3) is 0 Å². The lowest BCUT2D eigenvalue weighted by Crippen LogP contribution is -2.30. The smallest absolute Gasteiger partial charge is 0.328 e. The first-order valence-corrected chi connectivity index (χ1v) is 6.77. The van der Waals surface area contributed by atoms with Gasteiger partial charge in [-0.2, -0.15) is 0 Å². The van der Waals surface area contributed by atoms with Crippen molar-refractivity contribution in [2.75, 3.05) is 7.05 Å². The number of carbonyl (C=O) groups is 1. The number of carboxylic acid groups (broad SMARTS) is 1. The van der Waals surface area contributed by atoms with Crippen molar-refractivity contribution in [2.45, 2.75) is 39.3 Å². The molecule has 0 unspecified atom stereocenters. The largest absolute Gasteiger partial charge is 0.478 e. The van der Waals surface area contributed by atoms with Crippen molar-refractivity contribution in [3.63, 3.8) is 0 Å². The van der Waals surface area contributed by atoms with Crippen molar-refractivity contribution in [1.29, 1.82) is 0 Å². The van der Waals surface area contributed by atoms with Crippen LogP contribution >= 0.6 is 0 Å². The first-order valence-electron chi connectivity index (χ1n) is 6.77. The van der Waals surface area contributed by atoms with Crippen LogP contribution in [0.4, 0.5) is 0 Å². The topological polar surface area (TPSA) is 40.5 Å². The Hall–Kier alpha value is -1.61. The van der Waals surface area contributed by atoms with E-state index in [0.29, 0.717) is 6.04 Å². The van der Waals surface area contributed by atoms with Crippen LogP contribution in [0.1, 0.15) is 37.8 Å². The second kappa shape index (κ2) is 7.74. The third-order valence-electron chi connectivity index (χ3n) is 3.45. The van der Waals surface area contributed by atoms with Crippen LogP contribution in [-0.2, 0) is 11.3 Å². The molecule has 104 valence electrons. The number of nitrogens with zero attached hydrogens (tertiary/aromatic N) is 1. The first kappa shape index (κ1) is 15.4. The third kappa shape index (κ3) is 4.87. The van der Waals surface area contributed by atoms with Crippen molar-refractivity contribution in [1.82, 2.24) is 4.90 Å². The summed E-state index contributed by atoms with van der Waals surface area (Å²) in [6, 6.07) is 8.50. The van der Waals surface area contributed by atoms with Gasteiger partial charge in [-0.15, -0.1) is 0 Å². The van der Waals surface area contributed by atoms with E-state index in [0.717, 1.165) is 30.5 Å². The van der Waals surface area contributed by atoms with Crippen LogP contribution in [0.3, 0.4) is 0 Å². The van der Waals surface area contributed by atoms with Gasteiger partial charge in [-0.3, -0.25) is 4.90 Å². The highest BCUT2D eigenvalue weighted by molar-refractivity contribution is 5.85. The van der Waals surface area contributed by atoms with Gasteiger partial charge < -0.3 is 5.11 Å². The van der Waals surface area contributed by atoms with Crippen LogP contribution in [-0.4, -0.2) is 29.1 Å². The van der Waals surface area contributed by atoms with Crippen LogP contribution in [0.5, 0.6) is 0 Å². The molecule has 0 atom stereocenters. The molecule has 0 spiro atoms. The van der Waals surface area contributed by atoms with E-state index >= 15 is 0 Å². The highest BCUT2D eigenvalue weighted by Gasteiger charge is 2.11. The number of carboxylic acids is 1. The average molecular weight is 261 g/mol. The van der Waals surface area contributed by atoms with Gasteiger partial charge in [0.2, 0.25) is 0 Å². The fraction of sp³-hybridized carbons (Fsp3) is 0.438. The first-order chi connectivity index (χ1) is 9.08. The maximum absolute atomic E-state index is 10.6. The lowest BCUT2D eigenvalue weighted by molar-refractivity contribution is -0.131. The summed E-state index contributed by atoms with van der Waals surface area (Å²) in [6.45, 7) is 5.23. The molecule has 0 saturated carbocycles. The summed E-state index contributed by atoms with van der Waals surface area (Å²) >= 11 is 0. The normalized spacial score (nSPS) is 11.6. The highest BCUT2D eigenvalue weighted by Crippen LogP contribution is 2.16. The molecule has 1 aromatic carbocycles. The summed E-state index contributed by atoms with van der Waals surface area (Å²) in [7, 11) is 2.12. The molecule has 0 heterocycles. The van der Waals surface area contributed by atoms with E-state index in [1.807, 2.05) is 18.2 Å². The average Bonchev–Trinajstić information content (AvgIpc) is 2.39. The zero-order valence-corrected chi connectivity index (χ0v) is 12.0. The molecule has 1 N–H and O–H groups in total. The van der Waals surface area contributed by atoms with E-state index in [1.54, 1.807) is 6.08 Å². The lowest BCUT2D eigenvalue weighted by atomic mass is 10.0. The van der Waals surface area contributed by atoms with Gasteiger partial charge in [-0.25, -0.2) is 4.79 Å². The number of rotatable bonds is 7. The Labute approximate surface area is 115 Å². The minimum Gasteiger partial charge on any atom is -0.478 e. The summed E-state index contributed by atoms with van der Waals surface area (Å²) in [5.41, 5.74) is 2.14. The predicted molar refractivity (Wildman–Crippen MR) is 78.9 cm³/mol. The molecule has 19 heavy (non-hydrogen) atoms. The summed E-state index contributed by atoms with van der Waals surface area (Å²) in [5.74, 6) is -0.914. The molecule has 0 aliphatic rings. The van der Waals surface area contributed by atoms with E-state index in [1.165, 1.54) is 6.08 Å². The molecule has 0 saturated heterocycles. The van der Waals surface area contributed by atoms with Crippen molar-refractivity contribution in [3.05, 3.63) is 41.5 Å². The molecule has 1 rings (SSSR count). The van der Waals surface area contributed by atoms with Crippen LogP contribution in [0.25, 0.3) is 6.08 Å². The van der Waals surface area contributed by atoms with Crippen molar-refractivity contribution in [3.8, 4) is 0 Å². The van der Waals surface area contributed by atoms with E-state index < -0.39 is 5.97 Å². The molecule has 0 aromatic heterocycles. The molecule has 1 aromatic rings. The molecule has 3 heteroatoms. The Morgan fingerprint density at radius 1 is 1.32 bits per heavy atom. The van der Waals surface area contributed by atoms with Gasteiger partial charge >= 0.3 is 5.97 Å². The van der Waals surface area contributed by atoms with Gasteiger partial charge in [0, 0.05) is 18.7 Å². The third-order valence-corrected chi connectivity index (χ3v) is 3.45. The molecular formula is C16H23NO2. The Morgan fingerprint density at radius 2 is 1.95 bits per heavy atom. The molecule has 0 aliphatic carbocycles. The Bertz CT molecular complexity index is 436. The van der Waals surface area contributed by atoms with Crippen LogP contribution in [0, 0.1) is 0 Å². The Morgan fingerprint density at radius 3 is 2.53 bits per heavy atom. The van der Waals surface area contributed by atoms with E-state index in [2.05, 4.69) is 31.9 Å². The maximum Gasteiger partial charge on any atom is 0.328 e. The molecule has 0 amide bonds. The summed E-state index contributed by atoms with van der Waals surface area (Å²) < 4.78 is 0. The standard InChI is InChI=1S/C16H23NO2/c1-4-15(5-2)17(3)12-14-9-7-6-8-13(14)10-11-16(18)19/h6-11,15H,4-5,12H2,1-3H3,(H,18,19)/b11-10+. The number of hydrogen-bond donors (Lipinski definition) is 1. The SMILES string of the molecule is CCC(CC)N(C)Cc1ccccc1/C=C/C(=O)O. The monoisotopic (exact) mass is 261 g/mol. The highest BCUT2D eigenvalue weighted by atomic mass is 16.4. The molecule has 0 aliphatic heterocycles. The second-order valence-electron chi connectivity index (χ2n) is 4.76. The van der Waals surface area contributed by atoms with Gasteiger partial charge in [0.1, 0.15) is 0 Å². The maximum atomic E-state index is 10.6. The van der Waals surface area contributed by atoms with Crippen LogP contribution in [0.15, 0.2) is 30.3 Å². The second-order valence-corrected chi connectivity index (χ2v) is 4.76. The minimum absolute atomic E-state index is 0.566. The van der Waals surface area contributed by atoms with E-state index in [4.69, 9.17) is 5.11 Å². The molecule has 0 bridgehead atoms. The van der Waals surface area contributed by atoms with Gasteiger partial charge in [0.05, 0.1) is 0 Å². The number of hydrogen-bond acceptors (Lipinski definition) is 2.